The molecule has 130 valence electrons. The van der Waals surface area contributed by atoms with E-state index in [4.69, 9.17) is 0 Å². The highest BCUT2D eigenvalue weighted by atomic mass is 19.1. The highest BCUT2D eigenvalue weighted by Gasteiger charge is 2.10. The van der Waals surface area contributed by atoms with Gasteiger partial charge in [-0.25, -0.2) is 9.07 Å². The van der Waals surface area contributed by atoms with Crippen molar-refractivity contribution >= 4 is 5.82 Å². The molecule has 3 heterocycles. The Balaban J connectivity index is 1.49. The lowest BCUT2D eigenvalue weighted by Gasteiger charge is -2.05. The van der Waals surface area contributed by atoms with Gasteiger partial charge in [0.25, 0.3) is 0 Å². The standard InChI is InChI=1S/C19H17FN6/c1-13-10-19(25-26(13)18-5-3-2-4-16(18)20)22-12-15-11-17(24-23-15)14-6-8-21-9-7-14/h2-11H,12H2,1H3,(H,22,25)(H,23,24). The number of halogens is 1. The molecule has 3 aromatic heterocycles. The van der Waals surface area contributed by atoms with Crippen molar-refractivity contribution in [2.24, 2.45) is 0 Å². The molecule has 7 heteroatoms. The minimum absolute atomic E-state index is 0.305. The van der Waals surface area contributed by atoms with Crippen LogP contribution in [-0.2, 0) is 6.54 Å². The molecule has 0 aliphatic carbocycles. The minimum Gasteiger partial charge on any atom is -0.363 e. The number of aryl methyl sites for hydroxylation is 1. The van der Waals surface area contributed by atoms with Gasteiger partial charge in [0.15, 0.2) is 0 Å². The Bertz CT molecular complexity index is 1020. The Morgan fingerprint density at radius 1 is 1.12 bits per heavy atom. The zero-order valence-electron chi connectivity index (χ0n) is 14.1. The first-order chi connectivity index (χ1) is 12.7. The topological polar surface area (TPSA) is 71.4 Å². The third-order valence-electron chi connectivity index (χ3n) is 4.04. The lowest BCUT2D eigenvalue weighted by Crippen LogP contribution is -2.04. The van der Waals surface area contributed by atoms with Gasteiger partial charge in [0.1, 0.15) is 17.3 Å². The second-order valence-corrected chi connectivity index (χ2v) is 5.90. The first kappa shape index (κ1) is 16.0. The predicted octanol–water partition coefficient (Wildman–Crippen LogP) is 3.72. The number of para-hydroxylation sites is 1. The normalized spacial score (nSPS) is 10.8. The van der Waals surface area contributed by atoms with Crippen LogP contribution in [0, 0.1) is 12.7 Å². The summed E-state index contributed by atoms with van der Waals surface area (Å²) in [5.74, 6) is 0.367. The molecule has 4 rings (SSSR count). The summed E-state index contributed by atoms with van der Waals surface area (Å²) in [6.45, 7) is 2.42. The van der Waals surface area contributed by atoms with Crippen LogP contribution in [0.5, 0.6) is 0 Å². The molecule has 6 nitrogen and oxygen atoms in total. The lowest BCUT2D eigenvalue weighted by molar-refractivity contribution is 0.609. The monoisotopic (exact) mass is 348 g/mol. The number of hydrogen-bond donors (Lipinski definition) is 2. The van der Waals surface area contributed by atoms with E-state index in [0.29, 0.717) is 18.1 Å². The quantitative estimate of drug-likeness (QED) is 0.577. The van der Waals surface area contributed by atoms with Crippen molar-refractivity contribution in [1.82, 2.24) is 25.0 Å². The van der Waals surface area contributed by atoms with Crippen LogP contribution in [0.3, 0.4) is 0 Å². The molecule has 0 fully saturated rings. The minimum atomic E-state index is -0.305. The van der Waals surface area contributed by atoms with Crippen LogP contribution >= 0.6 is 0 Å². The van der Waals surface area contributed by atoms with Crippen molar-refractivity contribution in [3.05, 3.63) is 78.1 Å². The number of aromatic nitrogens is 5. The summed E-state index contributed by atoms with van der Waals surface area (Å²) in [6, 6.07) is 14.3. The zero-order valence-corrected chi connectivity index (χ0v) is 14.1. The maximum absolute atomic E-state index is 14.0. The Hall–Kier alpha value is -3.48. The molecule has 26 heavy (non-hydrogen) atoms. The first-order valence-electron chi connectivity index (χ1n) is 8.21. The fraction of sp³-hybridized carbons (Fsp3) is 0.105. The third-order valence-corrected chi connectivity index (χ3v) is 4.04. The van der Waals surface area contributed by atoms with E-state index in [9.17, 15) is 4.39 Å². The number of anilines is 1. The van der Waals surface area contributed by atoms with Crippen molar-refractivity contribution in [2.75, 3.05) is 5.32 Å². The number of hydrogen-bond acceptors (Lipinski definition) is 4. The zero-order chi connectivity index (χ0) is 17.9. The number of pyridine rings is 1. The van der Waals surface area contributed by atoms with Crippen LogP contribution in [0.1, 0.15) is 11.4 Å². The molecule has 2 N–H and O–H groups in total. The average Bonchev–Trinajstić information content (AvgIpc) is 3.28. The highest BCUT2D eigenvalue weighted by Crippen LogP contribution is 2.19. The summed E-state index contributed by atoms with van der Waals surface area (Å²) in [4.78, 5) is 4.01. The lowest BCUT2D eigenvalue weighted by atomic mass is 10.2. The fourth-order valence-corrected chi connectivity index (χ4v) is 2.74. The number of benzene rings is 1. The Morgan fingerprint density at radius 2 is 1.92 bits per heavy atom. The highest BCUT2D eigenvalue weighted by molar-refractivity contribution is 5.58. The van der Waals surface area contributed by atoms with Gasteiger partial charge in [-0.15, -0.1) is 0 Å². The van der Waals surface area contributed by atoms with Crippen LogP contribution in [0.4, 0.5) is 10.2 Å². The molecule has 0 radical (unpaired) electrons. The maximum atomic E-state index is 14.0. The molecule has 0 unspecified atom stereocenters. The molecular weight excluding hydrogens is 331 g/mol. The van der Waals surface area contributed by atoms with Crippen LogP contribution in [0.15, 0.2) is 60.9 Å². The molecule has 0 bridgehead atoms. The Morgan fingerprint density at radius 3 is 2.73 bits per heavy atom. The second-order valence-electron chi connectivity index (χ2n) is 5.90. The second kappa shape index (κ2) is 6.79. The van der Waals surface area contributed by atoms with Gasteiger partial charge in [-0.3, -0.25) is 10.1 Å². The maximum Gasteiger partial charge on any atom is 0.149 e. The van der Waals surface area contributed by atoms with Gasteiger partial charge in [0.05, 0.1) is 17.9 Å². The molecule has 0 aliphatic rings. The number of nitrogens with one attached hydrogen (secondary N) is 2. The summed E-state index contributed by atoms with van der Waals surface area (Å²) in [7, 11) is 0. The van der Waals surface area contributed by atoms with Gasteiger partial charge < -0.3 is 5.32 Å². The molecule has 0 saturated heterocycles. The third kappa shape index (κ3) is 3.19. The van der Waals surface area contributed by atoms with Crippen LogP contribution in [0.2, 0.25) is 0 Å². The van der Waals surface area contributed by atoms with E-state index >= 15 is 0 Å². The molecule has 0 spiro atoms. The molecule has 1 aromatic carbocycles. The molecule has 4 aromatic rings. The number of nitrogens with zero attached hydrogens (tertiary/aromatic N) is 4. The van der Waals surface area contributed by atoms with Gasteiger partial charge in [-0.05, 0) is 37.3 Å². The van der Waals surface area contributed by atoms with E-state index < -0.39 is 0 Å². The van der Waals surface area contributed by atoms with Crippen molar-refractivity contribution < 1.29 is 4.39 Å². The van der Waals surface area contributed by atoms with E-state index in [-0.39, 0.29) is 5.82 Å². The number of H-pyrrole nitrogens is 1. The summed E-state index contributed by atoms with van der Waals surface area (Å²) in [6.07, 6.45) is 3.47. The largest absolute Gasteiger partial charge is 0.363 e. The van der Waals surface area contributed by atoms with Gasteiger partial charge >= 0.3 is 0 Å². The van der Waals surface area contributed by atoms with Crippen LogP contribution in [-0.4, -0.2) is 25.0 Å². The van der Waals surface area contributed by atoms with E-state index in [1.165, 1.54) is 6.07 Å². The van der Waals surface area contributed by atoms with Gasteiger partial charge in [-0.1, -0.05) is 12.1 Å². The van der Waals surface area contributed by atoms with Crippen molar-refractivity contribution in [3.8, 4) is 16.9 Å². The molecule has 0 aliphatic heterocycles. The number of rotatable bonds is 5. The fourth-order valence-electron chi connectivity index (χ4n) is 2.74. The molecule has 0 saturated carbocycles. The van der Waals surface area contributed by atoms with Gasteiger partial charge in [0, 0.05) is 29.7 Å². The van der Waals surface area contributed by atoms with Crippen molar-refractivity contribution in [2.45, 2.75) is 13.5 Å². The first-order valence-corrected chi connectivity index (χ1v) is 8.21. The van der Waals surface area contributed by atoms with E-state index in [1.807, 2.05) is 31.2 Å². The Labute approximate surface area is 149 Å². The SMILES string of the molecule is Cc1cc(NCc2cc(-c3ccncc3)n[nH]2)nn1-c1ccccc1F. The van der Waals surface area contributed by atoms with Crippen molar-refractivity contribution in [3.63, 3.8) is 0 Å². The molecule has 0 atom stereocenters. The van der Waals surface area contributed by atoms with Crippen molar-refractivity contribution in [1.29, 1.82) is 0 Å². The van der Waals surface area contributed by atoms with Gasteiger partial charge in [-0.2, -0.15) is 10.2 Å². The van der Waals surface area contributed by atoms with Crippen LogP contribution in [0.25, 0.3) is 16.9 Å². The summed E-state index contributed by atoms with van der Waals surface area (Å²) >= 11 is 0. The molecular formula is C19H17FN6. The number of aromatic amines is 1. The summed E-state index contributed by atoms with van der Waals surface area (Å²) in [5, 5.41) is 15.0. The summed E-state index contributed by atoms with van der Waals surface area (Å²) < 4.78 is 15.6. The van der Waals surface area contributed by atoms with Crippen LogP contribution < -0.4 is 5.32 Å². The molecule has 0 amide bonds. The van der Waals surface area contributed by atoms with E-state index in [0.717, 1.165) is 22.6 Å². The Kier molecular flexibility index (Phi) is 4.18. The smallest absolute Gasteiger partial charge is 0.149 e. The summed E-state index contributed by atoms with van der Waals surface area (Å²) in [5.41, 5.74) is 4.06. The van der Waals surface area contributed by atoms with E-state index in [2.05, 4.69) is 25.6 Å². The predicted molar refractivity (Wildman–Crippen MR) is 97.4 cm³/mol. The van der Waals surface area contributed by atoms with Gasteiger partial charge in [0.2, 0.25) is 0 Å². The van der Waals surface area contributed by atoms with E-state index in [1.54, 1.807) is 35.3 Å². The average molecular weight is 348 g/mol.